The minimum absolute atomic E-state index is 0. The molecule has 1 unspecified atom stereocenters. The zero-order valence-corrected chi connectivity index (χ0v) is 22.5. The molecule has 1 aromatic heterocycles. The number of hydrogen-bond acceptors (Lipinski definition) is 5. The monoisotopic (exact) mass is 549 g/mol. The fourth-order valence-electron chi connectivity index (χ4n) is 3.85. The average Bonchev–Trinajstić information content (AvgIpc) is 2.91. The highest BCUT2D eigenvalue weighted by atomic mass is 127. The summed E-state index contributed by atoms with van der Waals surface area (Å²) < 4.78 is 7.45. The van der Waals surface area contributed by atoms with Crippen molar-refractivity contribution in [2.45, 2.75) is 72.4 Å². The van der Waals surface area contributed by atoms with Crippen LogP contribution in [0.15, 0.2) is 4.99 Å². The standard InChI is InChI=1S/C22H43N7O.HI/c1-6-30-15-11-12-23-22(25-17-21-27-26-19(4)28(21)5)24-16-20(18(2)3)29-13-9-7-8-10-14-29;/h18,20H,6-17H2,1-5H3,(H2,23,24,25);1H. The average molecular weight is 550 g/mol. The van der Waals surface area contributed by atoms with Gasteiger partial charge in [0.1, 0.15) is 12.4 Å². The number of likely N-dealkylation sites (tertiary alicyclic amines) is 1. The van der Waals surface area contributed by atoms with Gasteiger partial charge in [-0.1, -0.05) is 26.7 Å². The van der Waals surface area contributed by atoms with Crippen molar-refractivity contribution in [3.8, 4) is 0 Å². The van der Waals surface area contributed by atoms with Crippen LogP contribution < -0.4 is 10.6 Å². The zero-order valence-electron chi connectivity index (χ0n) is 20.2. The summed E-state index contributed by atoms with van der Waals surface area (Å²) in [7, 11) is 1.98. The Balaban J connectivity index is 0.00000480. The predicted molar refractivity (Wildman–Crippen MR) is 138 cm³/mol. The Hall–Kier alpha value is -0.940. The lowest BCUT2D eigenvalue weighted by Gasteiger charge is -2.34. The second-order valence-corrected chi connectivity index (χ2v) is 8.51. The molecule has 0 amide bonds. The molecule has 1 aliphatic rings. The maximum Gasteiger partial charge on any atom is 0.191 e. The maximum absolute atomic E-state index is 5.46. The molecule has 1 atom stereocenters. The van der Waals surface area contributed by atoms with Crippen LogP contribution in [-0.4, -0.2) is 71.1 Å². The number of guanidine groups is 1. The predicted octanol–water partition coefficient (Wildman–Crippen LogP) is 3.10. The molecule has 2 rings (SSSR count). The smallest absolute Gasteiger partial charge is 0.191 e. The van der Waals surface area contributed by atoms with Crippen LogP contribution in [0.1, 0.15) is 64.5 Å². The molecule has 180 valence electrons. The summed E-state index contributed by atoms with van der Waals surface area (Å²) in [4.78, 5) is 7.46. The molecule has 1 fully saturated rings. The molecule has 9 heteroatoms. The van der Waals surface area contributed by atoms with Gasteiger partial charge in [-0.05, 0) is 52.1 Å². The van der Waals surface area contributed by atoms with Gasteiger partial charge < -0.3 is 19.9 Å². The van der Waals surface area contributed by atoms with E-state index in [4.69, 9.17) is 9.73 Å². The van der Waals surface area contributed by atoms with Crippen LogP contribution in [0.2, 0.25) is 0 Å². The molecule has 2 N–H and O–H groups in total. The van der Waals surface area contributed by atoms with E-state index in [9.17, 15) is 0 Å². The Morgan fingerprint density at radius 1 is 1.13 bits per heavy atom. The molecule has 1 saturated heterocycles. The molecule has 8 nitrogen and oxygen atoms in total. The minimum atomic E-state index is 0. The van der Waals surface area contributed by atoms with E-state index in [-0.39, 0.29) is 24.0 Å². The van der Waals surface area contributed by atoms with E-state index in [1.165, 1.54) is 38.8 Å². The summed E-state index contributed by atoms with van der Waals surface area (Å²) in [5.74, 6) is 3.21. The van der Waals surface area contributed by atoms with E-state index in [1.807, 2.05) is 25.5 Å². The number of nitrogens with zero attached hydrogens (tertiary/aromatic N) is 5. The maximum atomic E-state index is 5.46. The highest BCUT2D eigenvalue weighted by Crippen LogP contribution is 2.17. The van der Waals surface area contributed by atoms with Crippen LogP contribution in [-0.2, 0) is 18.3 Å². The summed E-state index contributed by atoms with van der Waals surface area (Å²) >= 11 is 0. The summed E-state index contributed by atoms with van der Waals surface area (Å²) in [6.07, 6.45) is 6.30. The molecule has 0 saturated carbocycles. The summed E-state index contributed by atoms with van der Waals surface area (Å²) in [6, 6.07) is 0.510. The normalized spacial score (nSPS) is 16.6. The number of ether oxygens (including phenoxy) is 1. The Bertz CT molecular complexity index is 627. The van der Waals surface area contributed by atoms with Crippen molar-refractivity contribution in [2.24, 2.45) is 18.0 Å². The van der Waals surface area contributed by atoms with Crippen LogP contribution in [0.3, 0.4) is 0 Å². The van der Waals surface area contributed by atoms with Crippen LogP contribution in [0, 0.1) is 12.8 Å². The van der Waals surface area contributed by atoms with Crippen molar-refractivity contribution in [2.75, 3.05) is 39.4 Å². The number of halogens is 1. The van der Waals surface area contributed by atoms with Crippen LogP contribution in [0.4, 0.5) is 0 Å². The summed E-state index contributed by atoms with van der Waals surface area (Å²) in [5.41, 5.74) is 0. The number of nitrogens with one attached hydrogen (secondary N) is 2. The van der Waals surface area contributed by atoms with E-state index in [0.717, 1.165) is 50.3 Å². The van der Waals surface area contributed by atoms with Crippen molar-refractivity contribution in [1.82, 2.24) is 30.3 Å². The molecule has 1 aromatic rings. The molecule has 0 aliphatic carbocycles. The Kier molecular flexibility index (Phi) is 14.3. The molecule has 1 aliphatic heterocycles. The summed E-state index contributed by atoms with van der Waals surface area (Å²) in [5, 5.41) is 15.4. The third-order valence-corrected chi connectivity index (χ3v) is 5.88. The van der Waals surface area contributed by atoms with Crippen molar-refractivity contribution in [3.05, 3.63) is 11.6 Å². The number of aromatic nitrogens is 3. The van der Waals surface area contributed by atoms with Gasteiger partial charge >= 0.3 is 0 Å². The minimum Gasteiger partial charge on any atom is -0.382 e. The first-order valence-corrected chi connectivity index (χ1v) is 11.7. The van der Waals surface area contributed by atoms with Gasteiger partial charge in [0.25, 0.3) is 0 Å². The molecular weight excluding hydrogens is 505 g/mol. The van der Waals surface area contributed by atoms with Crippen molar-refractivity contribution >= 4 is 29.9 Å². The fourth-order valence-corrected chi connectivity index (χ4v) is 3.85. The summed E-state index contributed by atoms with van der Waals surface area (Å²) in [6.45, 7) is 14.8. The molecular formula is C22H44IN7O. The number of aliphatic imine (C=N–C) groups is 1. The van der Waals surface area contributed by atoms with E-state index < -0.39 is 0 Å². The number of hydrogen-bond donors (Lipinski definition) is 2. The Morgan fingerprint density at radius 3 is 2.42 bits per heavy atom. The van der Waals surface area contributed by atoms with Crippen LogP contribution >= 0.6 is 24.0 Å². The lowest BCUT2D eigenvalue weighted by Crippen LogP contribution is -2.50. The van der Waals surface area contributed by atoms with Crippen molar-refractivity contribution < 1.29 is 4.74 Å². The first kappa shape index (κ1) is 28.1. The SMILES string of the molecule is CCOCCCNC(=NCc1nnc(C)n1C)NCC(C(C)C)N1CCCCCC1.I. The first-order valence-electron chi connectivity index (χ1n) is 11.7. The second kappa shape index (κ2) is 15.8. The van der Waals surface area contributed by atoms with Crippen molar-refractivity contribution in [3.63, 3.8) is 0 Å². The third kappa shape index (κ3) is 10.0. The first-order chi connectivity index (χ1) is 14.5. The van der Waals surface area contributed by atoms with Gasteiger partial charge in [-0.15, -0.1) is 34.2 Å². The molecule has 31 heavy (non-hydrogen) atoms. The largest absolute Gasteiger partial charge is 0.382 e. The van der Waals surface area contributed by atoms with Gasteiger partial charge in [-0.25, -0.2) is 4.99 Å². The van der Waals surface area contributed by atoms with Gasteiger partial charge in [0.15, 0.2) is 11.8 Å². The zero-order chi connectivity index (χ0) is 21.8. The highest BCUT2D eigenvalue weighted by Gasteiger charge is 2.23. The third-order valence-electron chi connectivity index (χ3n) is 5.88. The van der Waals surface area contributed by atoms with E-state index in [0.29, 0.717) is 18.5 Å². The Labute approximate surface area is 206 Å². The van der Waals surface area contributed by atoms with Gasteiger partial charge in [-0.3, -0.25) is 4.90 Å². The van der Waals surface area contributed by atoms with E-state index >= 15 is 0 Å². The topological polar surface area (TPSA) is 79.6 Å². The second-order valence-electron chi connectivity index (χ2n) is 8.51. The lowest BCUT2D eigenvalue weighted by atomic mass is 10.0. The fraction of sp³-hybridized carbons (Fsp3) is 0.864. The van der Waals surface area contributed by atoms with Gasteiger partial charge in [0, 0.05) is 39.4 Å². The lowest BCUT2D eigenvalue weighted by molar-refractivity contribution is 0.145. The molecule has 0 bridgehead atoms. The van der Waals surface area contributed by atoms with Crippen LogP contribution in [0.5, 0.6) is 0 Å². The van der Waals surface area contributed by atoms with Gasteiger partial charge in [0.2, 0.25) is 0 Å². The molecule has 2 heterocycles. The number of rotatable bonds is 11. The number of aryl methyl sites for hydroxylation is 1. The Morgan fingerprint density at radius 2 is 1.84 bits per heavy atom. The van der Waals surface area contributed by atoms with Crippen LogP contribution in [0.25, 0.3) is 0 Å². The quantitative estimate of drug-likeness (QED) is 0.191. The van der Waals surface area contributed by atoms with E-state index in [2.05, 4.69) is 39.6 Å². The molecule has 0 aromatic carbocycles. The van der Waals surface area contributed by atoms with Gasteiger partial charge in [-0.2, -0.15) is 0 Å². The van der Waals surface area contributed by atoms with E-state index in [1.54, 1.807) is 0 Å². The highest BCUT2D eigenvalue weighted by molar-refractivity contribution is 14.0. The molecule has 0 radical (unpaired) electrons. The van der Waals surface area contributed by atoms with Crippen molar-refractivity contribution in [1.29, 1.82) is 0 Å². The van der Waals surface area contributed by atoms with Gasteiger partial charge in [0.05, 0.1) is 0 Å². The molecule has 0 spiro atoms.